The first-order chi connectivity index (χ1) is 22.3. The number of nitrogens with two attached hydrogens (primary N) is 3. The number of nitrogens with zero attached hydrogens (tertiary/aromatic N) is 1. The van der Waals surface area contributed by atoms with Crippen molar-refractivity contribution in [1.29, 1.82) is 0 Å². The fraction of sp³-hybridized carbons (Fsp3) is 0.371. The molecule has 0 aliphatic rings. The van der Waals surface area contributed by atoms with Gasteiger partial charge in [-0.25, -0.2) is 5.90 Å². The van der Waals surface area contributed by atoms with E-state index in [1.807, 2.05) is 61.5 Å². The van der Waals surface area contributed by atoms with E-state index in [0.717, 1.165) is 61.5 Å². The lowest BCUT2D eigenvalue weighted by Crippen LogP contribution is -2.54. The van der Waals surface area contributed by atoms with Crippen molar-refractivity contribution < 1.29 is 14.4 Å². The van der Waals surface area contributed by atoms with Crippen molar-refractivity contribution in [3.05, 3.63) is 94.7 Å². The second-order valence-corrected chi connectivity index (χ2v) is 12.5. The molecule has 4 rings (SSSR count). The minimum Gasteiger partial charge on any atom is -0.358 e. The van der Waals surface area contributed by atoms with Gasteiger partial charge in [0.1, 0.15) is 12.8 Å². The van der Waals surface area contributed by atoms with E-state index in [9.17, 15) is 9.59 Å². The maximum absolute atomic E-state index is 14.2. The van der Waals surface area contributed by atoms with Gasteiger partial charge in [-0.3, -0.25) is 19.7 Å². The number of hydrogen-bond donors (Lipinski definition) is 6. The van der Waals surface area contributed by atoms with Crippen LogP contribution >= 0.6 is 11.8 Å². The number of fused-ring (bicyclic) bond motifs is 1. The van der Waals surface area contributed by atoms with Gasteiger partial charge in [0.2, 0.25) is 11.8 Å². The minimum absolute atomic E-state index is 0.00633. The highest BCUT2D eigenvalue weighted by Crippen LogP contribution is 2.35. The Morgan fingerprint density at radius 2 is 1.72 bits per heavy atom. The van der Waals surface area contributed by atoms with Crippen LogP contribution in [0.3, 0.4) is 0 Å². The van der Waals surface area contributed by atoms with Crippen molar-refractivity contribution in [3.63, 3.8) is 0 Å². The monoisotopic (exact) mass is 645 g/mol. The minimum atomic E-state index is -0.776. The first-order valence-electron chi connectivity index (χ1n) is 15.7. The SMILES string of the molecule is Cc1cccc(CNC(=O)[C@H](Cc2c(C)[nH]c3ccccc23)N(C)C(=O)[C@H](CCCCN)NCON)c1Sc1ccccc1CN. The van der Waals surface area contributed by atoms with Crippen LogP contribution in [0, 0.1) is 13.8 Å². The average molecular weight is 646 g/mol. The first-order valence-corrected chi connectivity index (χ1v) is 16.5. The molecule has 10 nitrogen and oxygen atoms in total. The van der Waals surface area contributed by atoms with E-state index in [1.165, 1.54) is 0 Å². The van der Waals surface area contributed by atoms with Gasteiger partial charge in [0.05, 0.1) is 6.04 Å². The topological polar surface area (TPSA) is 165 Å². The number of nitrogens with one attached hydrogen (secondary N) is 3. The van der Waals surface area contributed by atoms with Crippen LogP contribution < -0.4 is 28.0 Å². The van der Waals surface area contributed by atoms with Crippen LogP contribution in [0.15, 0.2) is 76.5 Å². The number of aryl methyl sites for hydroxylation is 2. The van der Waals surface area contributed by atoms with Crippen LogP contribution in [0.2, 0.25) is 0 Å². The lowest BCUT2D eigenvalue weighted by Gasteiger charge is -2.31. The molecule has 4 aromatic rings. The highest BCUT2D eigenvalue weighted by Gasteiger charge is 2.32. The Morgan fingerprint density at radius 1 is 0.978 bits per heavy atom. The highest BCUT2D eigenvalue weighted by atomic mass is 32.2. The number of para-hydroxylation sites is 1. The molecule has 1 heterocycles. The number of benzene rings is 3. The molecule has 0 saturated carbocycles. The van der Waals surface area contributed by atoms with Crippen LogP contribution in [-0.2, 0) is 33.9 Å². The Hall–Kier alpha value is -3.71. The zero-order chi connectivity index (χ0) is 33.1. The molecule has 1 aromatic heterocycles. The fourth-order valence-corrected chi connectivity index (χ4v) is 6.88. The van der Waals surface area contributed by atoms with Gasteiger partial charge >= 0.3 is 0 Å². The summed E-state index contributed by atoms with van der Waals surface area (Å²) < 4.78 is 0. The zero-order valence-corrected chi connectivity index (χ0v) is 27.8. The van der Waals surface area contributed by atoms with Gasteiger partial charge in [0.25, 0.3) is 0 Å². The molecule has 0 radical (unpaired) electrons. The molecule has 3 aromatic carbocycles. The number of unbranched alkanes of at least 4 members (excludes halogenated alkanes) is 1. The van der Waals surface area contributed by atoms with E-state index in [2.05, 4.69) is 34.7 Å². The van der Waals surface area contributed by atoms with Crippen molar-refractivity contribution >= 4 is 34.5 Å². The fourth-order valence-electron chi connectivity index (χ4n) is 5.73. The lowest BCUT2D eigenvalue weighted by molar-refractivity contribution is -0.141. The summed E-state index contributed by atoms with van der Waals surface area (Å²) >= 11 is 1.65. The number of amides is 2. The summed E-state index contributed by atoms with van der Waals surface area (Å²) in [5, 5.41) is 7.28. The Balaban J connectivity index is 1.62. The molecule has 0 aliphatic heterocycles. The molecule has 9 N–H and O–H groups in total. The third kappa shape index (κ3) is 8.75. The predicted molar refractivity (Wildman–Crippen MR) is 185 cm³/mol. The normalized spacial score (nSPS) is 12.7. The molecule has 0 unspecified atom stereocenters. The van der Waals surface area contributed by atoms with E-state index in [4.69, 9.17) is 22.2 Å². The highest BCUT2D eigenvalue weighted by molar-refractivity contribution is 7.99. The molecule has 0 spiro atoms. The van der Waals surface area contributed by atoms with Gasteiger partial charge in [-0.1, -0.05) is 72.8 Å². The standard InChI is InChI=1S/C35H47N7O3S/c1-23-11-10-13-26(33(23)46-32-17-7-4-12-25(32)20-37)21-39-34(43)31(19-28-24(2)41-29-15-6-5-14-27(28)29)42(3)35(44)30(40-22-45-38)16-8-9-18-36/h4-7,10-15,17,30-31,40-41H,8-9,16,18-22,36-38H2,1-3H3,(H,39,43)/t30-,31-/m0/s1. The van der Waals surface area contributed by atoms with E-state index >= 15 is 0 Å². The molecule has 0 fully saturated rings. The van der Waals surface area contributed by atoms with Crippen molar-refractivity contribution in [2.45, 2.75) is 74.5 Å². The number of carbonyl (C=O) groups excluding carboxylic acids is 2. The number of aromatic nitrogens is 1. The smallest absolute Gasteiger partial charge is 0.243 e. The Labute approximate surface area is 275 Å². The van der Waals surface area contributed by atoms with E-state index in [1.54, 1.807) is 23.7 Å². The van der Waals surface area contributed by atoms with Crippen LogP contribution in [-0.4, -0.2) is 54.1 Å². The van der Waals surface area contributed by atoms with Crippen molar-refractivity contribution in [1.82, 2.24) is 20.5 Å². The lowest BCUT2D eigenvalue weighted by atomic mass is 9.99. The molecular formula is C35H47N7O3S. The Kier molecular flexibility index (Phi) is 13.2. The average Bonchev–Trinajstić information content (AvgIpc) is 3.39. The van der Waals surface area contributed by atoms with Crippen molar-refractivity contribution in [2.24, 2.45) is 17.4 Å². The summed E-state index contributed by atoms with van der Waals surface area (Å²) in [6.07, 6.45) is 2.41. The molecule has 2 atom stereocenters. The van der Waals surface area contributed by atoms with Gasteiger partial charge in [-0.15, -0.1) is 0 Å². The molecule has 246 valence electrons. The van der Waals surface area contributed by atoms with Gasteiger partial charge in [0.15, 0.2) is 0 Å². The summed E-state index contributed by atoms with van der Waals surface area (Å²) in [5.74, 6) is 4.82. The largest absolute Gasteiger partial charge is 0.358 e. The number of likely N-dealkylation sites (N-methyl/N-ethyl adjacent to an activating group) is 1. The molecule has 46 heavy (non-hydrogen) atoms. The second-order valence-electron chi connectivity index (χ2n) is 11.5. The van der Waals surface area contributed by atoms with E-state index < -0.39 is 12.1 Å². The number of carbonyl (C=O) groups is 2. The predicted octanol–water partition coefficient (Wildman–Crippen LogP) is 4.02. The molecule has 0 aliphatic carbocycles. The zero-order valence-electron chi connectivity index (χ0n) is 27.0. The van der Waals surface area contributed by atoms with Gasteiger partial charge in [0, 0.05) is 52.9 Å². The first kappa shape index (κ1) is 35.1. The molecule has 11 heteroatoms. The number of rotatable bonds is 17. The third-order valence-electron chi connectivity index (χ3n) is 8.35. The summed E-state index contributed by atoms with van der Waals surface area (Å²) in [4.78, 5) is 40.0. The molecule has 2 amide bonds. The van der Waals surface area contributed by atoms with Gasteiger partial charge < -0.3 is 26.7 Å². The van der Waals surface area contributed by atoms with Gasteiger partial charge in [-0.05, 0) is 67.6 Å². The quantitative estimate of drug-likeness (QED) is 0.0570. The maximum atomic E-state index is 14.2. The summed E-state index contributed by atoms with van der Waals surface area (Å²) in [7, 11) is 1.69. The van der Waals surface area contributed by atoms with Crippen molar-refractivity contribution in [2.75, 3.05) is 20.3 Å². The molecular weight excluding hydrogens is 598 g/mol. The van der Waals surface area contributed by atoms with Crippen LogP contribution in [0.4, 0.5) is 0 Å². The van der Waals surface area contributed by atoms with Gasteiger partial charge in [-0.2, -0.15) is 0 Å². The number of hydrogen-bond acceptors (Lipinski definition) is 8. The van der Waals surface area contributed by atoms with Crippen LogP contribution in [0.1, 0.15) is 47.2 Å². The van der Waals surface area contributed by atoms with Crippen LogP contribution in [0.25, 0.3) is 10.9 Å². The van der Waals surface area contributed by atoms with Crippen LogP contribution in [0.5, 0.6) is 0 Å². The third-order valence-corrected chi connectivity index (χ3v) is 9.76. The number of H-pyrrole nitrogens is 1. The maximum Gasteiger partial charge on any atom is 0.243 e. The molecule has 0 bridgehead atoms. The summed E-state index contributed by atoms with van der Waals surface area (Å²) in [6, 6.07) is 20.8. The van der Waals surface area contributed by atoms with Crippen molar-refractivity contribution in [3.8, 4) is 0 Å². The number of aromatic amines is 1. The second kappa shape index (κ2) is 17.3. The van der Waals surface area contributed by atoms with E-state index in [0.29, 0.717) is 32.5 Å². The van der Waals surface area contributed by atoms with E-state index in [-0.39, 0.29) is 18.5 Å². The Bertz CT molecular complexity index is 1610. The molecule has 0 saturated heterocycles. The Morgan fingerprint density at radius 3 is 2.48 bits per heavy atom. The summed E-state index contributed by atoms with van der Waals surface area (Å²) in [6.45, 7) is 5.35. The summed E-state index contributed by atoms with van der Waals surface area (Å²) in [5.41, 5.74) is 17.8.